The van der Waals surface area contributed by atoms with Crippen molar-refractivity contribution >= 4 is 17.7 Å². The van der Waals surface area contributed by atoms with Crippen molar-refractivity contribution in [3.63, 3.8) is 0 Å². The molecule has 1 N–H and O–H groups in total. The maximum absolute atomic E-state index is 5.49. The summed E-state index contributed by atoms with van der Waals surface area (Å²) in [7, 11) is 0. The molecule has 0 aliphatic heterocycles. The van der Waals surface area contributed by atoms with Gasteiger partial charge in [0.15, 0.2) is 0 Å². The van der Waals surface area contributed by atoms with Gasteiger partial charge in [0.2, 0.25) is 11.8 Å². The molecule has 0 aliphatic rings. The number of aromatic nitrogens is 2. The van der Waals surface area contributed by atoms with E-state index in [1.54, 1.807) is 12.3 Å². The number of hydrogen-bond acceptors (Lipinski definition) is 5. The molecule has 90 valence electrons. The first-order chi connectivity index (χ1) is 7.72. The van der Waals surface area contributed by atoms with Crippen LogP contribution in [0.3, 0.4) is 0 Å². The van der Waals surface area contributed by atoms with Crippen LogP contribution in [-0.2, 0) is 0 Å². The summed E-state index contributed by atoms with van der Waals surface area (Å²) in [6.07, 6.45) is 5.06. The Labute approximate surface area is 101 Å². The standard InChI is InChI=1S/C11H19N3OS/c1-9(2)15-10-5-7-13-11(14-10)12-6-4-8-16-3/h5,7,9H,4,6,8H2,1-3H3,(H,12,13,14). The third-order valence-corrected chi connectivity index (χ3v) is 2.49. The molecule has 16 heavy (non-hydrogen) atoms. The summed E-state index contributed by atoms with van der Waals surface area (Å²) < 4.78 is 5.49. The molecule has 0 spiro atoms. The highest BCUT2D eigenvalue weighted by Gasteiger charge is 2.01. The van der Waals surface area contributed by atoms with Gasteiger partial charge in [-0.2, -0.15) is 16.7 Å². The first-order valence-electron chi connectivity index (χ1n) is 5.45. The Balaban J connectivity index is 2.41. The lowest BCUT2D eigenvalue weighted by atomic mass is 10.5. The monoisotopic (exact) mass is 241 g/mol. The Bertz CT molecular complexity index is 307. The van der Waals surface area contributed by atoms with Crippen molar-refractivity contribution in [1.29, 1.82) is 0 Å². The summed E-state index contributed by atoms with van der Waals surface area (Å²) in [5, 5.41) is 3.18. The largest absolute Gasteiger partial charge is 0.475 e. The number of rotatable bonds is 7. The molecule has 0 atom stereocenters. The van der Waals surface area contributed by atoms with E-state index in [1.807, 2.05) is 25.6 Å². The summed E-state index contributed by atoms with van der Waals surface area (Å²) in [5.74, 6) is 2.41. The van der Waals surface area contributed by atoms with Gasteiger partial charge in [-0.1, -0.05) is 0 Å². The average Bonchev–Trinajstić information content (AvgIpc) is 2.24. The minimum atomic E-state index is 0.138. The number of hydrogen-bond donors (Lipinski definition) is 1. The number of nitrogens with one attached hydrogen (secondary N) is 1. The summed E-state index contributed by atoms with van der Waals surface area (Å²) in [4.78, 5) is 8.39. The van der Waals surface area contributed by atoms with Gasteiger partial charge in [0, 0.05) is 18.8 Å². The first-order valence-corrected chi connectivity index (χ1v) is 6.84. The molecule has 0 aromatic carbocycles. The Morgan fingerprint density at radius 1 is 1.50 bits per heavy atom. The van der Waals surface area contributed by atoms with Gasteiger partial charge in [0.1, 0.15) is 0 Å². The molecule has 1 aromatic rings. The lowest BCUT2D eigenvalue weighted by molar-refractivity contribution is 0.232. The third-order valence-electron chi connectivity index (χ3n) is 1.79. The molecular formula is C11H19N3OS. The lowest BCUT2D eigenvalue weighted by Crippen LogP contribution is -2.10. The van der Waals surface area contributed by atoms with Crippen molar-refractivity contribution in [2.75, 3.05) is 23.9 Å². The smallest absolute Gasteiger partial charge is 0.225 e. The summed E-state index contributed by atoms with van der Waals surface area (Å²) >= 11 is 1.84. The molecule has 0 bridgehead atoms. The molecule has 1 heterocycles. The van der Waals surface area contributed by atoms with Crippen LogP contribution in [0, 0.1) is 0 Å². The van der Waals surface area contributed by atoms with Crippen molar-refractivity contribution < 1.29 is 4.74 Å². The highest BCUT2D eigenvalue weighted by atomic mass is 32.2. The highest BCUT2D eigenvalue weighted by molar-refractivity contribution is 7.98. The normalized spacial score (nSPS) is 10.5. The van der Waals surface area contributed by atoms with Crippen LogP contribution >= 0.6 is 11.8 Å². The topological polar surface area (TPSA) is 47.0 Å². The molecule has 1 rings (SSSR count). The van der Waals surface area contributed by atoms with E-state index in [0.717, 1.165) is 18.7 Å². The van der Waals surface area contributed by atoms with Crippen molar-refractivity contribution in [3.05, 3.63) is 12.3 Å². The highest BCUT2D eigenvalue weighted by Crippen LogP contribution is 2.10. The van der Waals surface area contributed by atoms with E-state index >= 15 is 0 Å². The van der Waals surface area contributed by atoms with Crippen LogP contribution in [0.4, 0.5) is 5.95 Å². The summed E-state index contributed by atoms with van der Waals surface area (Å²) in [6.45, 7) is 4.85. The van der Waals surface area contributed by atoms with Gasteiger partial charge in [-0.3, -0.25) is 0 Å². The van der Waals surface area contributed by atoms with Gasteiger partial charge in [-0.05, 0) is 32.3 Å². The maximum Gasteiger partial charge on any atom is 0.225 e. The third kappa shape index (κ3) is 5.21. The molecule has 0 amide bonds. The van der Waals surface area contributed by atoms with Crippen LogP contribution in [-0.4, -0.2) is 34.6 Å². The predicted octanol–water partition coefficient (Wildman–Crippen LogP) is 2.43. The Morgan fingerprint density at radius 3 is 3.00 bits per heavy atom. The van der Waals surface area contributed by atoms with E-state index in [0.29, 0.717) is 11.8 Å². The van der Waals surface area contributed by atoms with E-state index in [2.05, 4.69) is 21.5 Å². The van der Waals surface area contributed by atoms with E-state index in [4.69, 9.17) is 4.74 Å². The van der Waals surface area contributed by atoms with E-state index in [1.165, 1.54) is 0 Å². The van der Waals surface area contributed by atoms with Gasteiger partial charge >= 0.3 is 0 Å². The Hall–Kier alpha value is -0.970. The van der Waals surface area contributed by atoms with Crippen molar-refractivity contribution in [2.24, 2.45) is 0 Å². The minimum absolute atomic E-state index is 0.138. The molecule has 0 radical (unpaired) electrons. The molecular weight excluding hydrogens is 222 g/mol. The van der Waals surface area contributed by atoms with Gasteiger partial charge in [-0.25, -0.2) is 4.98 Å². The molecule has 0 fully saturated rings. The fourth-order valence-electron chi connectivity index (χ4n) is 1.15. The van der Waals surface area contributed by atoms with Crippen LogP contribution in [0.25, 0.3) is 0 Å². The van der Waals surface area contributed by atoms with Crippen LogP contribution in [0.1, 0.15) is 20.3 Å². The second kappa shape index (κ2) is 7.33. The fourth-order valence-corrected chi connectivity index (χ4v) is 1.58. The lowest BCUT2D eigenvalue weighted by Gasteiger charge is -2.09. The molecule has 1 aromatic heterocycles. The second-order valence-electron chi connectivity index (χ2n) is 3.66. The van der Waals surface area contributed by atoms with Crippen molar-refractivity contribution in [2.45, 2.75) is 26.4 Å². The van der Waals surface area contributed by atoms with E-state index in [-0.39, 0.29) is 6.10 Å². The first kappa shape index (κ1) is 13.1. The zero-order valence-electron chi connectivity index (χ0n) is 10.1. The van der Waals surface area contributed by atoms with E-state index < -0.39 is 0 Å². The van der Waals surface area contributed by atoms with Crippen LogP contribution in [0.15, 0.2) is 12.3 Å². The summed E-state index contributed by atoms with van der Waals surface area (Å²) in [6, 6.07) is 1.77. The number of thioether (sulfide) groups is 1. The zero-order valence-corrected chi connectivity index (χ0v) is 10.9. The SMILES string of the molecule is CSCCCNc1nccc(OC(C)C)n1. The fraction of sp³-hybridized carbons (Fsp3) is 0.636. The van der Waals surface area contributed by atoms with Gasteiger partial charge in [0.05, 0.1) is 6.10 Å². The molecule has 5 heteroatoms. The van der Waals surface area contributed by atoms with Crippen LogP contribution < -0.4 is 10.1 Å². The molecule has 0 aliphatic carbocycles. The average molecular weight is 241 g/mol. The van der Waals surface area contributed by atoms with E-state index in [9.17, 15) is 0 Å². The Morgan fingerprint density at radius 2 is 2.31 bits per heavy atom. The Kier molecular flexibility index (Phi) is 6.00. The van der Waals surface area contributed by atoms with Crippen molar-refractivity contribution in [3.8, 4) is 5.88 Å². The zero-order chi connectivity index (χ0) is 11.8. The van der Waals surface area contributed by atoms with Gasteiger partial charge in [-0.15, -0.1) is 0 Å². The quantitative estimate of drug-likeness (QED) is 0.743. The van der Waals surface area contributed by atoms with Crippen LogP contribution in [0.2, 0.25) is 0 Å². The maximum atomic E-state index is 5.49. The number of ether oxygens (including phenoxy) is 1. The molecule has 0 unspecified atom stereocenters. The van der Waals surface area contributed by atoms with Crippen molar-refractivity contribution in [1.82, 2.24) is 9.97 Å². The summed E-state index contributed by atoms with van der Waals surface area (Å²) in [5.41, 5.74) is 0. The number of nitrogens with zero attached hydrogens (tertiary/aromatic N) is 2. The van der Waals surface area contributed by atoms with Crippen LogP contribution in [0.5, 0.6) is 5.88 Å². The van der Waals surface area contributed by atoms with Gasteiger partial charge < -0.3 is 10.1 Å². The second-order valence-corrected chi connectivity index (χ2v) is 4.64. The van der Waals surface area contributed by atoms with Gasteiger partial charge in [0.25, 0.3) is 0 Å². The predicted molar refractivity (Wildman–Crippen MR) is 69.3 cm³/mol. The molecule has 4 nitrogen and oxygen atoms in total. The molecule has 0 saturated heterocycles. The number of anilines is 1. The minimum Gasteiger partial charge on any atom is -0.475 e. The molecule has 0 saturated carbocycles.